The molecule has 158 valence electrons. The summed E-state index contributed by atoms with van der Waals surface area (Å²) >= 11 is 7.19. The maximum Gasteiger partial charge on any atom is 0.410 e. The molecule has 6 nitrogen and oxygen atoms in total. The number of ether oxygens (including phenoxy) is 2. The number of carbonyl (C=O) groups excluding carboxylic acids is 1. The standard InChI is InChI=1S/C20H25ClFN3O3S/c1-20(2,3)28-19(26)25-9-7-13(8-10-25)27-16-6-4-5-15(22)17(16)23-11-14-12-24-18(21)29-14/h4-6,12-13,23H,7-11H2,1-3H3. The van der Waals surface area contributed by atoms with Gasteiger partial charge in [-0.2, -0.15) is 0 Å². The Kier molecular flexibility index (Phi) is 6.85. The van der Waals surface area contributed by atoms with Crippen LogP contribution in [0.1, 0.15) is 38.5 Å². The molecule has 1 aliphatic heterocycles. The summed E-state index contributed by atoms with van der Waals surface area (Å²) in [6.45, 7) is 7.02. The molecule has 1 amide bonds. The Morgan fingerprint density at radius 1 is 1.38 bits per heavy atom. The van der Waals surface area contributed by atoms with E-state index in [4.69, 9.17) is 21.1 Å². The molecule has 3 rings (SSSR count). The molecular formula is C20H25ClFN3O3S. The minimum atomic E-state index is -0.519. The average molecular weight is 442 g/mol. The van der Waals surface area contributed by atoms with E-state index in [9.17, 15) is 9.18 Å². The molecule has 0 aliphatic carbocycles. The first-order valence-corrected chi connectivity index (χ1v) is 10.7. The number of nitrogens with zero attached hydrogens (tertiary/aromatic N) is 2. The Balaban J connectivity index is 1.58. The smallest absolute Gasteiger partial charge is 0.410 e. The highest BCUT2D eigenvalue weighted by molar-refractivity contribution is 7.15. The molecule has 2 aromatic rings. The minimum Gasteiger partial charge on any atom is -0.488 e. The van der Waals surface area contributed by atoms with E-state index in [0.29, 0.717) is 48.4 Å². The van der Waals surface area contributed by atoms with E-state index in [-0.39, 0.29) is 18.0 Å². The number of carbonyl (C=O) groups is 1. The van der Waals surface area contributed by atoms with E-state index >= 15 is 0 Å². The van der Waals surface area contributed by atoms with Crippen LogP contribution in [0.4, 0.5) is 14.9 Å². The fourth-order valence-electron chi connectivity index (χ4n) is 2.98. The second-order valence-corrected chi connectivity index (χ2v) is 9.53. The molecule has 1 aromatic heterocycles. The third-order valence-corrected chi connectivity index (χ3v) is 5.44. The highest BCUT2D eigenvalue weighted by Crippen LogP contribution is 2.31. The predicted octanol–water partition coefficient (Wildman–Crippen LogP) is 5.33. The summed E-state index contributed by atoms with van der Waals surface area (Å²) in [7, 11) is 0. The Morgan fingerprint density at radius 3 is 2.72 bits per heavy atom. The summed E-state index contributed by atoms with van der Waals surface area (Å²) in [5.74, 6) is 0.0700. The lowest BCUT2D eigenvalue weighted by Crippen LogP contribution is -2.44. The number of hydrogen-bond donors (Lipinski definition) is 1. The maximum absolute atomic E-state index is 14.4. The third kappa shape index (κ3) is 6.21. The van der Waals surface area contributed by atoms with Gasteiger partial charge in [-0.3, -0.25) is 0 Å². The second kappa shape index (κ2) is 9.17. The summed E-state index contributed by atoms with van der Waals surface area (Å²) in [6.07, 6.45) is 2.55. The number of nitrogens with one attached hydrogen (secondary N) is 1. The lowest BCUT2D eigenvalue weighted by Gasteiger charge is -2.33. The van der Waals surface area contributed by atoms with Crippen molar-refractivity contribution in [1.82, 2.24) is 9.88 Å². The molecule has 1 aliphatic rings. The molecule has 0 unspecified atom stereocenters. The number of rotatable bonds is 5. The van der Waals surface area contributed by atoms with Gasteiger partial charge in [0.05, 0.1) is 6.54 Å². The van der Waals surface area contributed by atoms with Crippen molar-refractivity contribution in [1.29, 1.82) is 0 Å². The van der Waals surface area contributed by atoms with Gasteiger partial charge in [0.1, 0.15) is 29.0 Å². The van der Waals surface area contributed by atoms with Crippen molar-refractivity contribution in [3.05, 3.63) is 39.6 Å². The van der Waals surface area contributed by atoms with Crippen LogP contribution in [0.5, 0.6) is 5.75 Å². The first kappa shape index (κ1) is 21.6. The number of benzene rings is 1. The summed E-state index contributed by atoms with van der Waals surface area (Å²) in [6, 6.07) is 4.75. The van der Waals surface area contributed by atoms with Gasteiger partial charge in [-0.25, -0.2) is 14.2 Å². The molecule has 0 bridgehead atoms. The minimum absolute atomic E-state index is 0.103. The first-order valence-electron chi connectivity index (χ1n) is 9.48. The van der Waals surface area contributed by atoms with Crippen LogP contribution in [0.2, 0.25) is 4.47 Å². The molecule has 2 heterocycles. The SMILES string of the molecule is CC(C)(C)OC(=O)N1CCC(Oc2cccc(F)c2NCc2cnc(Cl)s2)CC1. The molecule has 9 heteroatoms. The van der Waals surface area contributed by atoms with Crippen LogP contribution < -0.4 is 10.1 Å². The number of aromatic nitrogens is 1. The predicted molar refractivity (Wildman–Crippen MR) is 112 cm³/mol. The molecule has 0 saturated carbocycles. The topological polar surface area (TPSA) is 63.7 Å². The van der Waals surface area contributed by atoms with Gasteiger partial charge in [0.25, 0.3) is 0 Å². The number of thiazole rings is 1. The fourth-order valence-corrected chi connectivity index (χ4v) is 3.89. The Bertz CT molecular complexity index is 848. The zero-order chi connectivity index (χ0) is 21.0. The number of anilines is 1. The first-order chi connectivity index (χ1) is 13.7. The summed E-state index contributed by atoms with van der Waals surface area (Å²) in [5.41, 5.74) is -0.207. The molecule has 1 N–H and O–H groups in total. The Morgan fingerprint density at radius 2 is 2.10 bits per heavy atom. The number of hydrogen-bond acceptors (Lipinski definition) is 6. The van der Waals surface area contributed by atoms with Gasteiger partial charge >= 0.3 is 6.09 Å². The molecule has 29 heavy (non-hydrogen) atoms. The molecule has 0 atom stereocenters. The van der Waals surface area contributed by atoms with Crippen LogP contribution in [0.3, 0.4) is 0 Å². The van der Waals surface area contributed by atoms with Crippen LogP contribution in [-0.2, 0) is 11.3 Å². The van der Waals surface area contributed by atoms with Crippen molar-refractivity contribution in [2.24, 2.45) is 0 Å². The molecule has 1 fully saturated rings. The third-order valence-electron chi connectivity index (χ3n) is 4.33. The molecular weight excluding hydrogens is 417 g/mol. The second-order valence-electron chi connectivity index (χ2n) is 7.83. The van der Waals surface area contributed by atoms with Crippen LogP contribution >= 0.6 is 22.9 Å². The normalized spacial score (nSPS) is 15.3. The monoisotopic (exact) mass is 441 g/mol. The van der Waals surface area contributed by atoms with E-state index < -0.39 is 5.60 Å². The average Bonchev–Trinajstić information content (AvgIpc) is 3.06. The van der Waals surface area contributed by atoms with E-state index in [2.05, 4.69) is 10.3 Å². The summed E-state index contributed by atoms with van der Waals surface area (Å²) < 4.78 is 26.3. The lowest BCUT2D eigenvalue weighted by molar-refractivity contribution is 0.0127. The molecule has 0 radical (unpaired) electrons. The van der Waals surface area contributed by atoms with Crippen LogP contribution in [0.15, 0.2) is 24.4 Å². The number of para-hydroxylation sites is 1. The summed E-state index contributed by atoms with van der Waals surface area (Å²) in [4.78, 5) is 18.8. The quantitative estimate of drug-likeness (QED) is 0.679. The van der Waals surface area contributed by atoms with Crippen molar-refractivity contribution < 1.29 is 18.7 Å². The highest BCUT2D eigenvalue weighted by Gasteiger charge is 2.28. The van der Waals surface area contributed by atoms with Crippen molar-refractivity contribution in [2.45, 2.75) is 51.9 Å². The Labute approximate surface area is 179 Å². The highest BCUT2D eigenvalue weighted by atomic mass is 35.5. The Hall–Kier alpha value is -2.06. The number of amides is 1. The van der Waals surface area contributed by atoms with Gasteiger partial charge in [0.15, 0.2) is 4.47 Å². The van der Waals surface area contributed by atoms with Crippen LogP contribution in [0.25, 0.3) is 0 Å². The maximum atomic E-state index is 14.4. The van der Waals surface area contributed by atoms with Crippen molar-refractivity contribution >= 4 is 34.7 Å². The van der Waals surface area contributed by atoms with Gasteiger partial charge in [0, 0.05) is 37.0 Å². The van der Waals surface area contributed by atoms with Crippen molar-refractivity contribution in [3.8, 4) is 5.75 Å². The van der Waals surface area contributed by atoms with Gasteiger partial charge in [-0.1, -0.05) is 17.7 Å². The fraction of sp³-hybridized carbons (Fsp3) is 0.500. The molecule has 0 spiro atoms. The van der Waals surface area contributed by atoms with Gasteiger partial charge in [-0.05, 0) is 32.9 Å². The lowest BCUT2D eigenvalue weighted by atomic mass is 10.1. The summed E-state index contributed by atoms with van der Waals surface area (Å²) in [5, 5.41) is 3.08. The molecule has 1 aromatic carbocycles. The van der Waals surface area contributed by atoms with Gasteiger partial charge < -0.3 is 19.7 Å². The van der Waals surface area contributed by atoms with E-state index in [1.165, 1.54) is 17.4 Å². The van der Waals surface area contributed by atoms with E-state index in [1.54, 1.807) is 23.2 Å². The van der Waals surface area contributed by atoms with Crippen molar-refractivity contribution in [2.75, 3.05) is 18.4 Å². The zero-order valence-corrected chi connectivity index (χ0v) is 18.3. The van der Waals surface area contributed by atoms with E-state index in [0.717, 1.165) is 4.88 Å². The van der Waals surface area contributed by atoms with Gasteiger partial charge in [0.2, 0.25) is 0 Å². The number of halogens is 2. The largest absolute Gasteiger partial charge is 0.488 e. The van der Waals surface area contributed by atoms with Crippen LogP contribution in [0, 0.1) is 5.82 Å². The molecule has 1 saturated heterocycles. The zero-order valence-electron chi connectivity index (χ0n) is 16.7. The number of piperidine rings is 1. The van der Waals surface area contributed by atoms with Gasteiger partial charge in [-0.15, -0.1) is 11.3 Å². The van der Waals surface area contributed by atoms with E-state index in [1.807, 2.05) is 20.8 Å². The van der Waals surface area contributed by atoms with Crippen LogP contribution in [-0.4, -0.2) is 40.8 Å². The number of likely N-dealkylation sites (tertiary alicyclic amines) is 1. The van der Waals surface area contributed by atoms with Crippen molar-refractivity contribution in [3.63, 3.8) is 0 Å².